The Hall–Kier alpha value is -0.370. The molecule has 0 spiro atoms. The van der Waals surface area contributed by atoms with Gasteiger partial charge in [-0.1, -0.05) is 0 Å². The molecule has 0 aromatic rings. The summed E-state index contributed by atoms with van der Waals surface area (Å²) >= 11 is 4.80. The summed E-state index contributed by atoms with van der Waals surface area (Å²) in [5, 5.41) is 0. The zero-order valence-corrected chi connectivity index (χ0v) is 4.74. The van der Waals surface area contributed by atoms with Crippen LogP contribution < -0.4 is 0 Å². The van der Waals surface area contributed by atoms with Crippen LogP contribution in [0, 0.1) is 0 Å². The molecule has 0 aliphatic heterocycles. The molecule has 0 aromatic heterocycles. The molecular weight excluding hydrogens is 115 g/mol. The fraction of sp³-hybridized carbons (Fsp3) is 0.667. The predicted octanol–water partition coefficient (Wildman–Crippen LogP) is 0.509. The van der Waals surface area contributed by atoms with E-state index in [0.717, 1.165) is 0 Å². The Kier molecular flexibility index (Phi) is 12.8. The molecule has 42 valence electrons. The Morgan fingerprint density at radius 1 is 1.71 bits per heavy atom. The first-order valence-corrected chi connectivity index (χ1v) is 1.98. The standard InChI is InChI=1S/C3H5ClN2.H2O/c1-2-5-3-6-4;/h2H2,1H3;1H2. The second-order valence-corrected chi connectivity index (χ2v) is 0.828. The van der Waals surface area contributed by atoms with Crippen molar-refractivity contribution >= 4 is 17.8 Å². The van der Waals surface area contributed by atoms with Crippen molar-refractivity contribution in [3.05, 3.63) is 0 Å². The van der Waals surface area contributed by atoms with E-state index in [1.807, 2.05) is 6.92 Å². The summed E-state index contributed by atoms with van der Waals surface area (Å²) < 4.78 is 2.98. The van der Waals surface area contributed by atoms with Gasteiger partial charge in [0.15, 0.2) is 0 Å². The summed E-state index contributed by atoms with van der Waals surface area (Å²) in [5.41, 5.74) is 0. The van der Waals surface area contributed by atoms with E-state index >= 15 is 0 Å². The van der Waals surface area contributed by atoms with Crippen molar-refractivity contribution in [3.8, 4) is 0 Å². The van der Waals surface area contributed by atoms with Crippen LogP contribution in [0.1, 0.15) is 6.92 Å². The van der Waals surface area contributed by atoms with Gasteiger partial charge in [-0.3, -0.25) is 0 Å². The van der Waals surface area contributed by atoms with Crippen LogP contribution in [0.25, 0.3) is 0 Å². The minimum atomic E-state index is 0. The normalized spacial score (nSPS) is 5.43. The molecule has 0 heterocycles. The van der Waals surface area contributed by atoms with Crippen molar-refractivity contribution in [1.82, 2.24) is 0 Å². The van der Waals surface area contributed by atoms with E-state index in [9.17, 15) is 0 Å². The first-order valence-electron chi connectivity index (χ1n) is 1.64. The molecule has 0 saturated heterocycles. The minimum absolute atomic E-state index is 0. The second-order valence-electron chi connectivity index (χ2n) is 0.659. The first kappa shape index (κ1) is 9.80. The number of hydrogen-bond donors (Lipinski definition) is 0. The number of hydrogen-bond acceptors (Lipinski definition) is 2. The van der Waals surface area contributed by atoms with Gasteiger partial charge in [-0.05, 0) is 6.92 Å². The summed E-state index contributed by atoms with van der Waals surface area (Å²) in [6, 6.07) is 2.21. The molecule has 0 fully saturated rings. The lowest BCUT2D eigenvalue weighted by Gasteiger charge is -1.62. The fourth-order valence-electron chi connectivity index (χ4n) is 0.0974. The van der Waals surface area contributed by atoms with Crippen LogP contribution in [0.4, 0.5) is 0 Å². The zero-order valence-electron chi connectivity index (χ0n) is 3.98. The maximum Gasteiger partial charge on any atom is 0.108 e. The fourth-order valence-corrected chi connectivity index (χ4v) is 0.151. The lowest BCUT2D eigenvalue weighted by atomic mass is 10.8. The third-order valence-corrected chi connectivity index (χ3v) is 0.342. The Morgan fingerprint density at radius 2 is 2.29 bits per heavy atom. The molecule has 3 nitrogen and oxygen atoms in total. The second kappa shape index (κ2) is 9.16. The molecule has 0 aliphatic rings. The van der Waals surface area contributed by atoms with Gasteiger partial charge in [0.05, 0.1) is 0 Å². The predicted molar refractivity (Wildman–Crippen MR) is 29.9 cm³/mol. The molecule has 0 bridgehead atoms. The Labute approximate surface area is 47.2 Å². The summed E-state index contributed by atoms with van der Waals surface area (Å²) in [4.78, 5) is 3.54. The zero-order chi connectivity index (χ0) is 4.83. The van der Waals surface area contributed by atoms with Crippen LogP contribution in [0.2, 0.25) is 0 Å². The molecular formula is C3H7ClN2O. The molecule has 0 aliphatic carbocycles. The average molecular weight is 123 g/mol. The molecule has 0 atom stereocenters. The largest absolute Gasteiger partial charge is 0.412 e. The van der Waals surface area contributed by atoms with Gasteiger partial charge in [0.1, 0.15) is 6.01 Å². The minimum Gasteiger partial charge on any atom is -0.412 e. The lowest BCUT2D eigenvalue weighted by Crippen LogP contribution is -1.59. The van der Waals surface area contributed by atoms with E-state index in [2.05, 4.69) is 15.5 Å². The summed E-state index contributed by atoms with van der Waals surface area (Å²) in [6.45, 7) is 2.57. The van der Waals surface area contributed by atoms with Crippen molar-refractivity contribution in [3.63, 3.8) is 0 Å². The molecule has 0 saturated carbocycles. The highest BCUT2D eigenvalue weighted by molar-refractivity contribution is 6.16. The lowest BCUT2D eigenvalue weighted by molar-refractivity contribution is 0.824. The highest BCUT2D eigenvalue weighted by Crippen LogP contribution is 1.66. The number of nitrogens with zero attached hydrogens (tertiary/aromatic N) is 2. The molecule has 0 unspecified atom stereocenters. The van der Waals surface area contributed by atoms with Crippen LogP contribution in [0.15, 0.2) is 9.50 Å². The Morgan fingerprint density at radius 3 is 2.43 bits per heavy atom. The van der Waals surface area contributed by atoms with Crippen molar-refractivity contribution in [1.29, 1.82) is 0 Å². The smallest absolute Gasteiger partial charge is 0.108 e. The van der Waals surface area contributed by atoms with Crippen molar-refractivity contribution in [2.24, 2.45) is 9.50 Å². The summed E-state index contributed by atoms with van der Waals surface area (Å²) in [6.07, 6.45) is 0. The molecule has 7 heavy (non-hydrogen) atoms. The van der Waals surface area contributed by atoms with E-state index in [1.165, 1.54) is 0 Å². The van der Waals surface area contributed by atoms with Gasteiger partial charge < -0.3 is 5.48 Å². The number of aliphatic imine (C=N–C) groups is 1. The van der Waals surface area contributed by atoms with Crippen molar-refractivity contribution < 1.29 is 5.48 Å². The van der Waals surface area contributed by atoms with E-state index in [0.29, 0.717) is 6.54 Å². The quantitative estimate of drug-likeness (QED) is 0.455. The Balaban J connectivity index is 0. The molecule has 0 aromatic carbocycles. The van der Waals surface area contributed by atoms with E-state index in [4.69, 9.17) is 11.8 Å². The van der Waals surface area contributed by atoms with Gasteiger partial charge in [-0.15, -0.1) is 4.51 Å². The van der Waals surface area contributed by atoms with E-state index < -0.39 is 0 Å². The number of halogens is 1. The van der Waals surface area contributed by atoms with E-state index in [1.54, 1.807) is 0 Å². The molecule has 2 N–H and O–H groups in total. The van der Waals surface area contributed by atoms with Crippen LogP contribution in [-0.2, 0) is 0 Å². The summed E-state index contributed by atoms with van der Waals surface area (Å²) in [5.74, 6) is 0. The average Bonchev–Trinajstić information content (AvgIpc) is 1.61. The Bertz CT molecular complexity index is 77.0. The van der Waals surface area contributed by atoms with Gasteiger partial charge in [0.2, 0.25) is 0 Å². The third-order valence-electron chi connectivity index (χ3n) is 0.267. The third kappa shape index (κ3) is 10.7. The van der Waals surface area contributed by atoms with Crippen LogP contribution in [-0.4, -0.2) is 18.0 Å². The van der Waals surface area contributed by atoms with E-state index in [-0.39, 0.29) is 5.48 Å². The molecule has 0 radical (unpaired) electrons. The maximum atomic E-state index is 4.80. The van der Waals surface area contributed by atoms with Crippen LogP contribution in [0.3, 0.4) is 0 Å². The van der Waals surface area contributed by atoms with Crippen molar-refractivity contribution in [2.45, 2.75) is 6.92 Å². The molecule has 4 heteroatoms. The van der Waals surface area contributed by atoms with Crippen molar-refractivity contribution in [2.75, 3.05) is 6.54 Å². The van der Waals surface area contributed by atoms with Gasteiger partial charge in [-0.25, -0.2) is 4.99 Å². The van der Waals surface area contributed by atoms with Crippen LogP contribution >= 0.6 is 11.8 Å². The van der Waals surface area contributed by atoms with Gasteiger partial charge in [0.25, 0.3) is 0 Å². The summed E-state index contributed by atoms with van der Waals surface area (Å²) in [7, 11) is 0. The highest BCUT2D eigenvalue weighted by atomic mass is 35.5. The maximum absolute atomic E-state index is 4.80. The monoisotopic (exact) mass is 122 g/mol. The first-order chi connectivity index (χ1) is 2.91. The number of rotatable bonds is 1. The molecule has 0 amide bonds. The van der Waals surface area contributed by atoms with Gasteiger partial charge in [-0.2, -0.15) is 0 Å². The highest BCUT2D eigenvalue weighted by Gasteiger charge is 1.53. The topological polar surface area (TPSA) is 56.2 Å². The van der Waals surface area contributed by atoms with Gasteiger partial charge in [0, 0.05) is 18.3 Å². The molecule has 0 rings (SSSR count). The SMILES string of the molecule is CCN=C=NCl.O. The van der Waals surface area contributed by atoms with Gasteiger partial charge >= 0.3 is 0 Å². The van der Waals surface area contributed by atoms with Crippen LogP contribution in [0.5, 0.6) is 0 Å².